The zero-order chi connectivity index (χ0) is 16.1. The Bertz CT molecular complexity index is 705. The van der Waals surface area contributed by atoms with Crippen molar-refractivity contribution in [1.29, 1.82) is 0 Å². The molecule has 6 heteroatoms. The molecule has 0 saturated carbocycles. The molecule has 23 heavy (non-hydrogen) atoms. The number of nitrogens with one attached hydrogen (secondary N) is 2. The maximum absolute atomic E-state index is 12.2. The van der Waals surface area contributed by atoms with Gasteiger partial charge in [0.15, 0.2) is 0 Å². The van der Waals surface area contributed by atoms with Crippen molar-refractivity contribution < 1.29 is 4.79 Å². The van der Waals surface area contributed by atoms with Gasteiger partial charge in [-0.25, -0.2) is 4.79 Å². The van der Waals surface area contributed by atoms with Crippen LogP contribution in [-0.2, 0) is 6.54 Å². The summed E-state index contributed by atoms with van der Waals surface area (Å²) in [5.41, 5.74) is 2.10. The second-order valence-corrected chi connectivity index (χ2v) is 7.15. The molecule has 3 rings (SSSR count). The molecule has 2 amide bonds. The van der Waals surface area contributed by atoms with Crippen molar-refractivity contribution in [2.45, 2.75) is 12.6 Å². The van der Waals surface area contributed by atoms with E-state index in [0.717, 1.165) is 16.0 Å². The van der Waals surface area contributed by atoms with Crippen LogP contribution < -0.4 is 10.6 Å². The molecule has 0 saturated heterocycles. The Hall–Kier alpha value is -1.82. The van der Waals surface area contributed by atoms with Gasteiger partial charge in [0, 0.05) is 16.4 Å². The smallest absolute Gasteiger partial charge is 0.315 e. The molecular formula is C17H15ClN2OS2. The van der Waals surface area contributed by atoms with Gasteiger partial charge in [-0.05, 0) is 51.5 Å². The van der Waals surface area contributed by atoms with Crippen molar-refractivity contribution >= 4 is 40.3 Å². The fraction of sp³-hybridized carbons (Fsp3) is 0.118. The summed E-state index contributed by atoms with van der Waals surface area (Å²) < 4.78 is 0. The van der Waals surface area contributed by atoms with Crippen LogP contribution in [-0.4, -0.2) is 6.03 Å². The fourth-order valence-electron chi connectivity index (χ4n) is 2.18. The zero-order valence-corrected chi connectivity index (χ0v) is 14.5. The lowest BCUT2D eigenvalue weighted by molar-refractivity contribution is 0.238. The number of hydrogen-bond donors (Lipinski definition) is 2. The van der Waals surface area contributed by atoms with Gasteiger partial charge in [-0.15, -0.1) is 11.3 Å². The van der Waals surface area contributed by atoms with Gasteiger partial charge in [-0.1, -0.05) is 29.8 Å². The van der Waals surface area contributed by atoms with Crippen LogP contribution in [0.15, 0.2) is 58.6 Å². The minimum Gasteiger partial charge on any atom is -0.334 e. The van der Waals surface area contributed by atoms with E-state index in [4.69, 9.17) is 11.6 Å². The van der Waals surface area contributed by atoms with E-state index >= 15 is 0 Å². The van der Waals surface area contributed by atoms with Crippen LogP contribution in [0.3, 0.4) is 0 Å². The second kappa shape index (κ2) is 7.64. The van der Waals surface area contributed by atoms with Gasteiger partial charge in [0.1, 0.15) is 0 Å². The third kappa shape index (κ3) is 4.34. The molecule has 1 atom stereocenters. The van der Waals surface area contributed by atoms with Crippen molar-refractivity contribution in [2.24, 2.45) is 0 Å². The highest BCUT2D eigenvalue weighted by Gasteiger charge is 2.18. The molecule has 0 fully saturated rings. The Morgan fingerprint density at radius 1 is 1.13 bits per heavy atom. The third-order valence-corrected chi connectivity index (χ3v) is 5.24. The summed E-state index contributed by atoms with van der Waals surface area (Å²) in [5.74, 6) is 0. The molecule has 0 radical (unpaired) electrons. The Kier molecular flexibility index (Phi) is 5.33. The molecule has 0 aliphatic rings. The van der Waals surface area contributed by atoms with E-state index in [0.29, 0.717) is 11.6 Å². The minimum atomic E-state index is -0.190. The summed E-state index contributed by atoms with van der Waals surface area (Å²) in [4.78, 5) is 13.4. The fourth-order valence-corrected chi connectivity index (χ4v) is 3.79. The molecule has 1 aromatic carbocycles. The van der Waals surface area contributed by atoms with Crippen LogP contribution in [0.5, 0.6) is 0 Å². The average Bonchev–Trinajstić information content (AvgIpc) is 3.25. The number of benzene rings is 1. The molecule has 118 valence electrons. The molecule has 0 aliphatic heterocycles. The topological polar surface area (TPSA) is 41.1 Å². The number of amides is 2. The number of urea groups is 1. The molecule has 1 unspecified atom stereocenters. The van der Waals surface area contributed by atoms with Gasteiger partial charge >= 0.3 is 6.03 Å². The number of carbonyl (C=O) groups is 1. The van der Waals surface area contributed by atoms with Crippen molar-refractivity contribution in [3.63, 3.8) is 0 Å². The first-order chi connectivity index (χ1) is 11.2. The van der Waals surface area contributed by atoms with E-state index in [-0.39, 0.29) is 12.1 Å². The quantitative estimate of drug-likeness (QED) is 0.655. The van der Waals surface area contributed by atoms with E-state index in [2.05, 4.69) is 16.0 Å². The van der Waals surface area contributed by atoms with Gasteiger partial charge in [-0.3, -0.25) is 0 Å². The van der Waals surface area contributed by atoms with Gasteiger partial charge in [0.2, 0.25) is 0 Å². The second-order valence-electron chi connectivity index (χ2n) is 4.96. The molecular weight excluding hydrogens is 348 g/mol. The number of rotatable bonds is 5. The van der Waals surface area contributed by atoms with E-state index in [1.807, 2.05) is 53.2 Å². The first-order valence-electron chi connectivity index (χ1n) is 7.06. The lowest BCUT2D eigenvalue weighted by Crippen LogP contribution is -2.37. The number of carbonyl (C=O) groups excluding carboxylic acids is 1. The summed E-state index contributed by atoms with van der Waals surface area (Å²) in [6, 6.07) is 13.2. The third-order valence-electron chi connectivity index (χ3n) is 3.35. The Morgan fingerprint density at radius 2 is 1.96 bits per heavy atom. The number of thiophene rings is 2. The van der Waals surface area contributed by atoms with Crippen molar-refractivity contribution in [1.82, 2.24) is 10.6 Å². The molecule has 0 bridgehead atoms. The summed E-state index contributed by atoms with van der Waals surface area (Å²) >= 11 is 9.12. The number of hydrogen-bond acceptors (Lipinski definition) is 3. The van der Waals surface area contributed by atoms with Gasteiger partial charge < -0.3 is 10.6 Å². The van der Waals surface area contributed by atoms with Crippen LogP contribution in [0.2, 0.25) is 5.02 Å². The van der Waals surface area contributed by atoms with Crippen molar-refractivity contribution in [3.05, 3.63) is 79.6 Å². The largest absolute Gasteiger partial charge is 0.334 e. The molecule has 3 aromatic rings. The first-order valence-corrected chi connectivity index (χ1v) is 9.27. The first kappa shape index (κ1) is 16.1. The molecule has 0 spiro atoms. The standard InChI is InChI=1S/C17H15ClN2OS2/c18-14-5-3-12(4-6-14)10-19-17(21)20-16(13-7-9-22-11-13)15-2-1-8-23-15/h1-9,11,16H,10H2,(H2,19,20,21). The SMILES string of the molecule is O=C(NCc1ccc(Cl)cc1)NC(c1ccsc1)c1cccs1. The molecule has 3 nitrogen and oxygen atoms in total. The van der Waals surface area contributed by atoms with Crippen molar-refractivity contribution in [2.75, 3.05) is 0 Å². The van der Waals surface area contributed by atoms with Crippen LogP contribution in [0.1, 0.15) is 22.0 Å². The highest BCUT2D eigenvalue weighted by Crippen LogP contribution is 2.27. The van der Waals surface area contributed by atoms with Gasteiger partial charge in [0.05, 0.1) is 6.04 Å². The van der Waals surface area contributed by atoms with Gasteiger partial charge in [-0.2, -0.15) is 11.3 Å². The monoisotopic (exact) mass is 362 g/mol. The van der Waals surface area contributed by atoms with Crippen molar-refractivity contribution in [3.8, 4) is 0 Å². The summed E-state index contributed by atoms with van der Waals surface area (Å²) in [6.07, 6.45) is 0. The van der Waals surface area contributed by atoms with E-state index in [9.17, 15) is 4.79 Å². The predicted molar refractivity (Wildman–Crippen MR) is 97.3 cm³/mol. The van der Waals surface area contributed by atoms with E-state index < -0.39 is 0 Å². The summed E-state index contributed by atoms with van der Waals surface area (Å²) in [7, 11) is 0. The number of halogens is 1. The summed E-state index contributed by atoms with van der Waals surface area (Å²) in [6.45, 7) is 0.462. The highest BCUT2D eigenvalue weighted by atomic mass is 35.5. The molecule has 0 aliphatic carbocycles. The zero-order valence-electron chi connectivity index (χ0n) is 12.2. The van der Waals surface area contributed by atoms with Crippen LogP contribution in [0, 0.1) is 0 Å². The lowest BCUT2D eigenvalue weighted by atomic mass is 10.1. The Balaban J connectivity index is 1.63. The maximum Gasteiger partial charge on any atom is 0.315 e. The molecule has 2 N–H and O–H groups in total. The van der Waals surface area contributed by atoms with Gasteiger partial charge in [0.25, 0.3) is 0 Å². The lowest BCUT2D eigenvalue weighted by Gasteiger charge is -2.17. The normalized spacial score (nSPS) is 11.9. The Labute approximate surface area is 147 Å². The molecule has 2 aromatic heterocycles. The van der Waals surface area contributed by atoms with Crippen LogP contribution in [0.25, 0.3) is 0 Å². The predicted octanol–water partition coefficient (Wildman–Crippen LogP) is 5.05. The van der Waals surface area contributed by atoms with E-state index in [1.165, 1.54) is 0 Å². The minimum absolute atomic E-state index is 0.119. The summed E-state index contributed by atoms with van der Waals surface area (Å²) in [5, 5.41) is 12.7. The highest BCUT2D eigenvalue weighted by molar-refractivity contribution is 7.10. The molecule has 2 heterocycles. The van der Waals surface area contributed by atoms with Crippen LogP contribution >= 0.6 is 34.3 Å². The van der Waals surface area contributed by atoms with E-state index in [1.54, 1.807) is 22.7 Å². The maximum atomic E-state index is 12.2. The Morgan fingerprint density at radius 3 is 2.61 bits per heavy atom. The average molecular weight is 363 g/mol. The van der Waals surface area contributed by atoms with Crippen LogP contribution in [0.4, 0.5) is 4.79 Å².